The molecule has 0 saturated carbocycles. The normalized spacial score (nSPS) is 10.6. The Bertz CT molecular complexity index is 241. The van der Waals surface area contributed by atoms with Crippen LogP contribution in [0.5, 0.6) is 0 Å². The first-order valence-electron chi connectivity index (χ1n) is 4.40. The van der Waals surface area contributed by atoms with Crippen molar-refractivity contribution in [3.8, 4) is 0 Å². The van der Waals surface area contributed by atoms with Crippen molar-refractivity contribution in [2.45, 2.75) is 26.4 Å². The molecule has 0 aliphatic rings. The topological polar surface area (TPSA) is 53.4 Å². The lowest BCUT2D eigenvalue weighted by molar-refractivity contribution is 0.0324. The van der Waals surface area contributed by atoms with Crippen LogP contribution < -0.4 is 0 Å². The fraction of sp³-hybridized carbons (Fsp3) is 0.600. The number of amides is 1. The maximum atomic E-state index is 11.4. The summed E-state index contributed by atoms with van der Waals surface area (Å²) in [6, 6.07) is 0. The zero-order valence-electron chi connectivity index (χ0n) is 9.26. The van der Waals surface area contributed by atoms with Crippen LogP contribution in [0, 0.1) is 5.41 Å². The summed E-state index contributed by atoms with van der Waals surface area (Å²) in [7, 11) is 1.59. The molecule has 0 aromatic heterocycles. The number of nitrogens with one attached hydrogen (secondary N) is 1. The third-order valence-corrected chi connectivity index (χ3v) is 1.36. The molecule has 14 heavy (non-hydrogen) atoms. The van der Waals surface area contributed by atoms with Crippen LogP contribution in [-0.4, -0.2) is 35.9 Å². The highest BCUT2D eigenvalue weighted by molar-refractivity contribution is 5.95. The molecule has 4 nitrogen and oxygen atoms in total. The minimum atomic E-state index is -0.498. The van der Waals surface area contributed by atoms with E-state index in [4.69, 9.17) is 10.1 Å². The van der Waals surface area contributed by atoms with Gasteiger partial charge in [-0.1, -0.05) is 6.58 Å². The molecule has 1 N–H and O–H groups in total. The molecule has 0 rings (SSSR count). The molecule has 0 radical (unpaired) electrons. The van der Waals surface area contributed by atoms with Gasteiger partial charge in [-0.3, -0.25) is 0 Å². The van der Waals surface area contributed by atoms with Gasteiger partial charge in [0.15, 0.2) is 0 Å². The van der Waals surface area contributed by atoms with Crippen LogP contribution in [0.4, 0.5) is 4.79 Å². The lowest BCUT2D eigenvalue weighted by atomic mass is 10.2. The SMILES string of the molecule is C=CC(=N)CN(C)C(=O)OC(C)(C)C. The van der Waals surface area contributed by atoms with E-state index in [1.165, 1.54) is 11.0 Å². The van der Waals surface area contributed by atoms with Crippen molar-refractivity contribution in [3.05, 3.63) is 12.7 Å². The van der Waals surface area contributed by atoms with E-state index in [-0.39, 0.29) is 6.54 Å². The van der Waals surface area contributed by atoms with E-state index in [1.807, 2.05) is 0 Å². The number of carbonyl (C=O) groups is 1. The average molecular weight is 198 g/mol. The summed E-state index contributed by atoms with van der Waals surface area (Å²) in [6.45, 7) is 9.07. The van der Waals surface area contributed by atoms with Crippen LogP contribution in [0.1, 0.15) is 20.8 Å². The van der Waals surface area contributed by atoms with Crippen molar-refractivity contribution in [1.82, 2.24) is 4.90 Å². The third kappa shape index (κ3) is 5.35. The molecule has 0 aromatic carbocycles. The lowest BCUT2D eigenvalue weighted by Gasteiger charge is -2.24. The Hall–Kier alpha value is -1.32. The van der Waals surface area contributed by atoms with E-state index in [2.05, 4.69) is 6.58 Å². The second-order valence-electron chi connectivity index (χ2n) is 4.07. The first-order valence-corrected chi connectivity index (χ1v) is 4.40. The van der Waals surface area contributed by atoms with E-state index < -0.39 is 11.7 Å². The van der Waals surface area contributed by atoms with Crippen molar-refractivity contribution in [2.75, 3.05) is 13.6 Å². The molecular formula is C10H18N2O2. The predicted octanol–water partition coefficient (Wildman–Crippen LogP) is 2.06. The third-order valence-electron chi connectivity index (χ3n) is 1.36. The molecular weight excluding hydrogens is 180 g/mol. The van der Waals surface area contributed by atoms with Crippen molar-refractivity contribution < 1.29 is 9.53 Å². The summed E-state index contributed by atoms with van der Waals surface area (Å²) in [5.74, 6) is 0. The zero-order valence-corrected chi connectivity index (χ0v) is 9.26. The second-order valence-corrected chi connectivity index (χ2v) is 4.07. The van der Waals surface area contributed by atoms with Gasteiger partial charge >= 0.3 is 6.09 Å². The summed E-state index contributed by atoms with van der Waals surface area (Å²) in [5.41, 5.74) is -0.208. The van der Waals surface area contributed by atoms with E-state index in [0.29, 0.717) is 5.71 Å². The van der Waals surface area contributed by atoms with Crippen LogP contribution in [0.2, 0.25) is 0 Å². The Labute approximate surface area is 85.1 Å². The first-order chi connectivity index (χ1) is 6.26. The Morgan fingerprint density at radius 3 is 2.43 bits per heavy atom. The molecule has 0 aliphatic carbocycles. The van der Waals surface area contributed by atoms with Crippen molar-refractivity contribution in [1.29, 1.82) is 5.41 Å². The quantitative estimate of drug-likeness (QED) is 0.706. The fourth-order valence-electron chi connectivity index (χ4n) is 0.724. The number of rotatable bonds is 3. The van der Waals surface area contributed by atoms with E-state index in [0.717, 1.165) is 0 Å². The van der Waals surface area contributed by atoms with E-state index in [9.17, 15) is 4.79 Å². The first kappa shape index (κ1) is 12.7. The van der Waals surface area contributed by atoms with Gasteiger partial charge in [0.25, 0.3) is 0 Å². The number of nitrogens with zero attached hydrogens (tertiary/aromatic N) is 1. The largest absolute Gasteiger partial charge is 0.444 e. The summed E-state index contributed by atoms with van der Waals surface area (Å²) in [6.07, 6.45) is 0.977. The highest BCUT2D eigenvalue weighted by Gasteiger charge is 2.19. The minimum absolute atomic E-state index is 0.221. The van der Waals surface area contributed by atoms with Gasteiger partial charge in [-0.05, 0) is 26.8 Å². The van der Waals surface area contributed by atoms with Crippen molar-refractivity contribution in [3.63, 3.8) is 0 Å². The Morgan fingerprint density at radius 2 is 2.07 bits per heavy atom. The molecule has 0 unspecified atom stereocenters. The van der Waals surface area contributed by atoms with Gasteiger partial charge in [-0.25, -0.2) is 4.79 Å². The monoisotopic (exact) mass is 198 g/mol. The maximum Gasteiger partial charge on any atom is 0.410 e. The van der Waals surface area contributed by atoms with Gasteiger partial charge < -0.3 is 15.0 Å². The Balaban J connectivity index is 4.13. The molecule has 0 fully saturated rings. The molecule has 4 heteroatoms. The molecule has 0 atom stereocenters. The summed E-state index contributed by atoms with van der Waals surface area (Å²) >= 11 is 0. The average Bonchev–Trinajstić information content (AvgIpc) is 2.00. The summed E-state index contributed by atoms with van der Waals surface area (Å²) in [5, 5.41) is 7.32. The minimum Gasteiger partial charge on any atom is -0.444 e. The van der Waals surface area contributed by atoms with Gasteiger partial charge in [0.1, 0.15) is 5.60 Å². The van der Waals surface area contributed by atoms with Crippen LogP contribution in [0.25, 0.3) is 0 Å². The molecule has 0 aliphatic heterocycles. The number of hydrogen-bond donors (Lipinski definition) is 1. The Morgan fingerprint density at radius 1 is 1.57 bits per heavy atom. The van der Waals surface area contributed by atoms with E-state index in [1.54, 1.807) is 27.8 Å². The highest BCUT2D eigenvalue weighted by atomic mass is 16.6. The predicted molar refractivity (Wildman–Crippen MR) is 56.8 cm³/mol. The molecule has 1 amide bonds. The maximum absolute atomic E-state index is 11.4. The van der Waals surface area contributed by atoms with Crippen LogP contribution in [0.15, 0.2) is 12.7 Å². The van der Waals surface area contributed by atoms with Gasteiger partial charge in [0, 0.05) is 7.05 Å². The van der Waals surface area contributed by atoms with Crippen LogP contribution in [0.3, 0.4) is 0 Å². The molecule has 80 valence electrons. The number of hydrogen-bond acceptors (Lipinski definition) is 3. The second kappa shape index (κ2) is 4.79. The van der Waals surface area contributed by atoms with Gasteiger partial charge in [-0.15, -0.1) is 0 Å². The van der Waals surface area contributed by atoms with Crippen LogP contribution in [-0.2, 0) is 4.74 Å². The van der Waals surface area contributed by atoms with Gasteiger partial charge in [0.2, 0.25) is 0 Å². The molecule has 0 bridgehead atoms. The van der Waals surface area contributed by atoms with Crippen molar-refractivity contribution in [2.24, 2.45) is 0 Å². The number of ether oxygens (including phenoxy) is 1. The van der Waals surface area contributed by atoms with Crippen molar-refractivity contribution >= 4 is 11.8 Å². The molecule has 0 aromatic rings. The Kier molecular flexibility index (Phi) is 4.34. The van der Waals surface area contributed by atoms with E-state index >= 15 is 0 Å². The zero-order chi connectivity index (χ0) is 11.4. The number of carbonyl (C=O) groups excluding carboxylic acids is 1. The molecule has 0 heterocycles. The van der Waals surface area contributed by atoms with Gasteiger partial charge in [0.05, 0.1) is 12.3 Å². The molecule has 0 spiro atoms. The smallest absolute Gasteiger partial charge is 0.410 e. The lowest BCUT2D eigenvalue weighted by Crippen LogP contribution is -2.36. The molecule has 0 saturated heterocycles. The summed E-state index contributed by atoms with van der Waals surface area (Å²) in [4.78, 5) is 12.7. The van der Waals surface area contributed by atoms with Crippen LogP contribution >= 0.6 is 0 Å². The standard InChI is InChI=1S/C10H18N2O2/c1-6-8(11)7-12(5)9(13)14-10(2,3)4/h6,11H,1,7H2,2-5H3. The highest BCUT2D eigenvalue weighted by Crippen LogP contribution is 2.08. The van der Waals surface area contributed by atoms with Gasteiger partial charge in [-0.2, -0.15) is 0 Å². The fourth-order valence-corrected chi connectivity index (χ4v) is 0.724. The summed E-state index contributed by atoms with van der Waals surface area (Å²) < 4.78 is 5.10.